The van der Waals surface area contributed by atoms with Crippen LogP contribution in [0.3, 0.4) is 0 Å². The Hall–Kier alpha value is -1.95. The number of ether oxygens (including phenoxy) is 3. The molecule has 1 aliphatic heterocycles. The maximum Gasteiger partial charge on any atom is 0.191 e. The smallest absolute Gasteiger partial charge is 0.191 e. The summed E-state index contributed by atoms with van der Waals surface area (Å²) in [5, 5.41) is 6.80. The predicted molar refractivity (Wildman–Crippen MR) is 105 cm³/mol. The van der Waals surface area contributed by atoms with Crippen LogP contribution in [0.5, 0.6) is 11.5 Å². The van der Waals surface area contributed by atoms with Crippen LogP contribution in [-0.2, 0) is 4.74 Å². The molecular formula is C20H33N3O3. The summed E-state index contributed by atoms with van der Waals surface area (Å²) >= 11 is 0. The highest BCUT2D eigenvalue weighted by Crippen LogP contribution is 2.31. The molecule has 0 amide bonds. The van der Waals surface area contributed by atoms with E-state index < -0.39 is 0 Å². The lowest BCUT2D eigenvalue weighted by molar-refractivity contribution is -0.0945. The van der Waals surface area contributed by atoms with E-state index in [1.54, 1.807) is 0 Å². The van der Waals surface area contributed by atoms with Gasteiger partial charge >= 0.3 is 0 Å². The number of hydrogen-bond acceptors (Lipinski definition) is 4. The minimum absolute atomic E-state index is 0.0909. The zero-order chi connectivity index (χ0) is 19.0. The van der Waals surface area contributed by atoms with Crippen molar-refractivity contribution in [3.8, 4) is 11.5 Å². The number of hydrogen-bond donors (Lipinski definition) is 2. The monoisotopic (exact) mass is 363 g/mol. The Morgan fingerprint density at radius 1 is 1.19 bits per heavy atom. The first-order valence-electron chi connectivity index (χ1n) is 9.53. The molecule has 1 atom stereocenters. The van der Waals surface area contributed by atoms with Gasteiger partial charge in [0.1, 0.15) is 0 Å². The minimum Gasteiger partial charge on any atom is -0.490 e. The summed E-state index contributed by atoms with van der Waals surface area (Å²) in [6, 6.07) is 6.17. The molecule has 1 heterocycles. The molecule has 1 aromatic rings. The molecular weight excluding hydrogens is 330 g/mol. The first kappa shape index (κ1) is 20.4. The van der Waals surface area contributed by atoms with E-state index in [2.05, 4.69) is 37.5 Å². The van der Waals surface area contributed by atoms with Gasteiger partial charge in [0, 0.05) is 12.0 Å². The molecule has 0 spiro atoms. The molecule has 6 nitrogen and oxygen atoms in total. The highest BCUT2D eigenvalue weighted by Gasteiger charge is 2.33. The van der Waals surface area contributed by atoms with Gasteiger partial charge in [0.2, 0.25) is 0 Å². The molecule has 2 N–H and O–H groups in total. The summed E-state index contributed by atoms with van der Waals surface area (Å²) in [6.07, 6.45) is 0. The Balaban J connectivity index is 2.08. The Kier molecular flexibility index (Phi) is 7.57. The van der Waals surface area contributed by atoms with Gasteiger partial charge in [-0.3, -0.25) is 4.99 Å². The fourth-order valence-electron chi connectivity index (χ4n) is 2.76. The molecule has 146 valence electrons. The van der Waals surface area contributed by atoms with Crippen LogP contribution in [0.15, 0.2) is 23.2 Å². The van der Waals surface area contributed by atoms with Crippen molar-refractivity contribution >= 4 is 5.96 Å². The summed E-state index contributed by atoms with van der Waals surface area (Å²) in [5.41, 5.74) is 1.29. The van der Waals surface area contributed by atoms with Crippen LogP contribution in [0.1, 0.15) is 46.2 Å². The first-order valence-corrected chi connectivity index (χ1v) is 9.53. The maximum absolute atomic E-state index is 5.73. The van der Waals surface area contributed by atoms with Crippen molar-refractivity contribution in [2.75, 3.05) is 39.5 Å². The average Bonchev–Trinajstić information content (AvgIpc) is 2.60. The van der Waals surface area contributed by atoms with E-state index in [1.807, 2.05) is 26.0 Å². The third-order valence-electron chi connectivity index (χ3n) is 4.28. The number of rotatable bonds is 9. The molecule has 0 radical (unpaired) electrons. The van der Waals surface area contributed by atoms with Crippen molar-refractivity contribution in [1.82, 2.24) is 10.6 Å². The number of guanidine groups is 1. The number of nitrogens with zero attached hydrogens (tertiary/aromatic N) is 1. The molecule has 1 saturated heterocycles. The van der Waals surface area contributed by atoms with E-state index in [4.69, 9.17) is 19.2 Å². The van der Waals surface area contributed by atoms with E-state index in [1.165, 1.54) is 0 Å². The second-order valence-corrected chi connectivity index (χ2v) is 6.94. The van der Waals surface area contributed by atoms with Gasteiger partial charge in [0.25, 0.3) is 0 Å². The van der Waals surface area contributed by atoms with Gasteiger partial charge in [0.15, 0.2) is 17.5 Å². The highest BCUT2D eigenvalue weighted by atomic mass is 16.5. The quantitative estimate of drug-likeness (QED) is 0.521. The van der Waals surface area contributed by atoms with Gasteiger partial charge in [-0.15, -0.1) is 0 Å². The summed E-state index contributed by atoms with van der Waals surface area (Å²) in [6.45, 7) is 14.7. The fourth-order valence-corrected chi connectivity index (χ4v) is 2.76. The standard InChI is InChI=1S/C20H33N3O3/c1-6-21-19(22-12-20(5)13-24-14-20)23-15(4)16-9-10-17(25-7-2)18(11-16)26-8-3/h9-11,15H,6-8,12-14H2,1-5H3,(H2,21,22,23). The maximum atomic E-state index is 5.73. The van der Waals surface area contributed by atoms with Gasteiger partial charge in [-0.2, -0.15) is 0 Å². The van der Waals surface area contributed by atoms with Crippen molar-refractivity contribution in [3.63, 3.8) is 0 Å². The third kappa shape index (κ3) is 5.53. The van der Waals surface area contributed by atoms with Gasteiger partial charge in [-0.25, -0.2) is 0 Å². The summed E-state index contributed by atoms with van der Waals surface area (Å²) in [7, 11) is 0. The van der Waals surface area contributed by atoms with Crippen molar-refractivity contribution < 1.29 is 14.2 Å². The van der Waals surface area contributed by atoms with Crippen LogP contribution in [0.2, 0.25) is 0 Å². The molecule has 0 aromatic heterocycles. The number of benzene rings is 1. The van der Waals surface area contributed by atoms with Crippen molar-refractivity contribution in [2.45, 2.75) is 40.7 Å². The second kappa shape index (κ2) is 9.67. The topological polar surface area (TPSA) is 64.1 Å². The number of aliphatic imine (C=N–C) groups is 1. The van der Waals surface area contributed by atoms with E-state index in [0.717, 1.165) is 49.3 Å². The molecule has 1 unspecified atom stereocenters. The van der Waals surface area contributed by atoms with Crippen LogP contribution in [0.4, 0.5) is 0 Å². The zero-order valence-electron chi connectivity index (χ0n) is 16.7. The Morgan fingerprint density at radius 2 is 1.88 bits per heavy atom. The molecule has 26 heavy (non-hydrogen) atoms. The predicted octanol–water partition coefficient (Wildman–Crippen LogP) is 3.14. The lowest BCUT2D eigenvalue weighted by atomic mass is 9.89. The number of nitrogens with one attached hydrogen (secondary N) is 2. The molecule has 0 bridgehead atoms. The van der Waals surface area contributed by atoms with E-state index in [0.29, 0.717) is 13.2 Å². The summed E-state index contributed by atoms with van der Waals surface area (Å²) in [4.78, 5) is 4.74. The summed E-state index contributed by atoms with van der Waals surface area (Å²) in [5.74, 6) is 2.38. The molecule has 0 aliphatic carbocycles. The van der Waals surface area contributed by atoms with Crippen LogP contribution in [-0.4, -0.2) is 45.5 Å². The van der Waals surface area contributed by atoms with Crippen molar-refractivity contribution in [2.24, 2.45) is 10.4 Å². The minimum atomic E-state index is 0.0909. The van der Waals surface area contributed by atoms with Gasteiger partial charge in [0.05, 0.1) is 39.0 Å². The van der Waals surface area contributed by atoms with Gasteiger partial charge in [-0.1, -0.05) is 13.0 Å². The second-order valence-electron chi connectivity index (χ2n) is 6.94. The Morgan fingerprint density at radius 3 is 2.46 bits per heavy atom. The van der Waals surface area contributed by atoms with E-state index >= 15 is 0 Å². The van der Waals surface area contributed by atoms with Gasteiger partial charge < -0.3 is 24.8 Å². The van der Waals surface area contributed by atoms with Crippen LogP contribution >= 0.6 is 0 Å². The molecule has 0 saturated carbocycles. The average molecular weight is 364 g/mol. The third-order valence-corrected chi connectivity index (χ3v) is 4.28. The molecule has 1 aliphatic rings. The van der Waals surface area contributed by atoms with E-state index in [-0.39, 0.29) is 11.5 Å². The lowest BCUT2D eigenvalue weighted by Gasteiger charge is -2.36. The van der Waals surface area contributed by atoms with Crippen LogP contribution in [0.25, 0.3) is 0 Å². The van der Waals surface area contributed by atoms with E-state index in [9.17, 15) is 0 Å². The van der Waals surface area contributed by atoms with Gasteiger partial charge in [-0.05, 0) is 45.4 Å². The van der Waals surface area contributed by atoms with Crippen molar-refractivity contribution in [1.29, 1.82) is 0 Å². The fraction of sp³-hybridized carbons (Fsp3) is 0.650. The molecule has 6 heteroatoms. The first-order chi connectivity index (χ1) is 12.5. The normalized spacial score (nSPS) is 17.2. The van der Waals surface area contributed by atoms with Crippen molar-refractivity contribution in [3.05, 3.63) is 23.8 Å². The largest absolute Gasteiger partial charge is 0.490 e. The lowest BCUT2D eigenvalue weighted by Crippen LogP contribution is -2.44. The molecule has 2 rings (SSSR count). The van der Waals surface area contributed by atoms with Crippen LogP contribution < -0.4 is 20.1 Å². The zero-order valence-corrected chi connectivity index (χ0v) is 16.7. The molecule has 1 aromatic carbocycles. The highest BCUT2D eigenvalue weighted by molar-refractivity contribution is 5.80. The SMILES string of the molecule is CCNC(=NCC1(C)COC1)NC(C)c1ccc(OCC)c(OCC)c1. The summed E-state index contributed by atoms with van der Waals surface area (Å²) < 4.78 is 16.7. The Bertz CT molecular complexity index is 600. The molecule has 1 fully saturated rings. The Labute approximate surface area is 157 Å². The van der Waals surface area contributed by atoms with Crippen LogP contribution in [0, 0.1) is 5.41 Å².